The smallest absolute Gasteiger partial charge is 0.145 e. The highest BCUT2D eigenvalue weighted by molar-refractivity contribution is 6.23. The summed E-state index contributed by atoms with van der Waals surface area (Å²) in [6, 6.07) is 8.12. The highest BCUT2D eigenvalue weighted by atomic mass is 16.3. The van der Waals surface area contributed by atoms with Crippen molar-refractivity contribution in [3.05, 3.63) is 35.8 Å². The van der Waals surface area contributed by atoms with Gasteiger partial charge in [-0.25, -0.2) is 4.98 Å². The van der Waals surface area contributed by atoms with Crippen molar-refractivity contribution in [1.29, 1.82) is 5.41 Å². The third-order valence-corrected chi connectivity index (χ3v) is 6.66. The Balaban J connectivity index is 1.42. The highest BCUT2D eigenvalue weighted by Gasteiger charge is 2.45. The number of amidine groups is 1. The lowest BCUT2D eigenvalue weighted by molar-refractivity contribution is 0.184. The number of nitrogens with one attached hydrogen (secondary N) is 2. The molecule has 0 radical (unpaired) electrons. The van der Waals surface area contributed by atoms with Crippen LogP contribution >= 0.6 is 0 Å². The highest BCUT2D eigenvalue weighted by Crippen LogP contribution is 2.50. The van der Waals surface area contributed by atoms with Gasteiger partial charge in [0.2, 0.25) is 0 Å². The van der Waals surface area contributed by atoms with Crippen molar-refractivity contribution in [2.45, 2.75) is 38.6 Å². The van der Waals surface area contributed by atoms with Gasteiger partial charge < -0.3 is 15.0 Å². The fraction of sp³-hybridized carbons (Fsp3) is 0.500. The molecule has 0 unspecified atom stereocenters. The molecule has 25 heavy (non-hydrogen) atoms. The van der Waals surface area contributed by atoms with Crippen molar-refractivity contribution in [2.75, 3.05) is 6.54 Å². The molecule has 1 aliphatic heterocycles. The maximum absolute atomic E-state index is 10.6. The summed E-state index contributed by atoms with van der Waals surface area (Å²) in [6.07, 6.45) is 5.39. The van der Waals surface area contributed by atoms with E-state index >= 15 is 0 Å². The molecule has 0 saturated heterocycles. The summed E-state index contributed by atoms with van der Waals surface area (Å²) in [7, 11) is 0. The molecule has 2 fully saturated rings. The predicted molar refractivity (Wildman–Crippen MR) is 98.5 cm³/mol. The number of benzene rings is 1. The number of aliphatic hydroxyl groups excluding tert-OH is 1. The molecule has 3 aliphatic rings. The molecule has 4 atom stereocenters. The largest absolute Gasteiger partial charge is 0.510 e. The summed E-state index contributed by atoms with van der Waals surface area (Å²) in [6.45, 7) is 2.66. The van der Waals surface area contributed by atoms with E-state index in [1.54, 1.807) is 0 Å². The van der Waals surface area contributed by atoms with E-state index in [4.69, 9.17) is 5.41 Å². The molecular weight excluding hydrogens is 312 g/mol. The molecule has 5 rings (SSSR count). The number of nitrogens with zero attached hydrogens (tertiary/aromatic N) is 2. The van der Waals surface area contributed by atoms with Crippen LogP contribution in [0.3, 0.4) is 0 Å². The zero-order valence-electron chi connectivity index (χ0n) is 14.5. The van der Waals surface area contributed by atoms with E-state index in [9.17, 15) is 5.11 Å². The van der Waals surface area contributed by atoms with Crippen molar-refractivity contribution in [2.24, 2.45) is 17.8 Å². The molecule has 5 heteroatoms. The second-order valence-electron chi connectivity index (χ2n) is 7.98. The summed E-state index contributed by atoms with van der Waals surface area (Å²) in [5.74, 6) is 3.63. The van der Waals surface area contributed by atoms with Crippen LogP contribution in [-0.2, 0) is 0 Å². The van der Waals surface area contributed by atoms with Crippen molar-refractivity contribution in [3.8, 4) is 0 Å². The molecule has 2 saturated carbocycles. The molecule has 2 heterocycles. The predicted octanol–water partition coefficient (Wildman–Crippen LogP) is 3.95. The summed E-state index contributed by atoms with van der Waals surface area (Å²) < 4.78 is 0. The maximum Gasteiger partial charge on any atom is 0.145 e. The topological polar surface area (TPSA) is 76.0 Å². The number of aromatic amines is 1. The van der Waals surface area contributed by atoms with Crippen LogP contribution in [0.25, 0.3) is 16.6 Å². The van der Waals surface area contributed by atoms with Crippen LogP contribution in [0, 0.1) is 23.2 Å². The molecule has 2 aromatic rings. The van der Waals surface area contributed by atoms with E-state index < -0.39 is 0 Å². The van der Waals surface area contributed by atoms with Crippen LogP contribution in [-0.4, -0.2) is 38.4 Å². The summed E-state index contributed by atoms with van der Waals surface area (Å²) in [5.41, 5.74) is 2.36. The number of para-hydroxylation sites is 2. The number of rotatable bonds is 3. The van der Waals surface area contributed by atoms with Crippen molar-refractivity contribution < 1.29 is 5.11 Å². The molecule has 0 spiro atoms. The summed E-state index contributed by atoms with van der Waals surface area (Å²) >= 11 is 0. The van der Waals surface area contributed by atoms with Crippen molar-refractivity contribution >= 4 is 22.4 Å². The molecule has 1 aromatic heterocycles. The first-order chi connectivity index (χ1) is 12.1. The molecule has 2 aliphatic carbocycles. The minimum absolute atomic E-state index is 0.263. The van der Waals surface area contributed by atoms with Gasteiger partial charge in [-0.1, -0.05) is 18.6 Å². The van der Waals surface area contributed by atoms with E-state index in [2.05, 4.69) is 21.8 Å². The van der Waals surface area contributed by atoms with Gasteiger partial charge in [0.25, 0.3) is 0 Å². The van der Waals surface area contributed by atoms with Gasteiger partial charge in [-0.05, 0) is 56.1 Å². The van der Waals surface area contributed by atoms with Crippen LogP contribution in [0.15, 0.2) is 30.0 Å². The monoisotopic (exact) mass is 336 g/mol. The summed E-state index contributed by atoms with van der Waals surface area (Å²) in [5, 5.41) is 19.3. The van der Waals surface area contributed by atoms with Crippen LogP contribution in [0.5, 0.6) is 0 Å². The van der Waals surface area contributed by atoms with E-state index in [0.29, 0.717) is 35.7 Å². The van der Waals surface area contributed by atoms with Crippen LogP contribution in [0.1, 0.15) is 38.4 Å². The maximum atomic E-state index is 10.6. The fourth-order valence-electron chi connectivity index (χ4n) is 5.38. The zero-order chi connectivity index (χ0) is 17.1. The quantitative estimate of drug-likeness (QED) is 0.794. The second kappa shape index (κ2) is 5.35. The molecular formula is C20H24N4O. The van der Waals surface area contributed by atoms with Crippen molar-refractivity contribution in [3.63, 3.8) is 0 Å². The fourth-order valence-corrected chi connectivity index (χ4v) is 5.38. The average Bonchev–Trinajstić information content (AvgIpc) is 3.36. The Morgan fingerprint density at radius 2 is 2.12 bits per heavy atom. The molecule has 2 bridgehead atoms. The number of hydrogen-bond donors (Lipinski definition) is 3. The number of H-pyrrole nitrogens is 1. The third-order valence-electron chi connectivity index (χ3n) is 6.66. The van der Waals surface area contributed by atoms with Gasteiger partial charge in [0, 0.05) is 6.04 Å². The van der Waals surface area contributed by atoms with Gasteiger partial charge >= 0.3 is 0 Å². The van der Waals surface area contributed by atoms with E-state index in [1.807, 2.05) is 24.3 Å². The lowest BCUT2D eigenvalue weighted by Crippen LogP contribution is -2.42. The number of aliphatic hydroxyl groups is 1. The lowest BCUT2D eigenvalue weighted by atomic mass is 9.83. The Labute approximate surface area is 147 Å². The number of fused-ring (bicyclic) bond motifs is 3. The Morgan fingerprint density at radius 3 is 2.84 bits per heavy atom. The molecule has 3 N–H and O–H groups in total. The average molecular weight is 336 g/mol. The SMILES string of the molecule is C[C@H]([C@@H]1C[C@H]2CC[C@H]1C2)N1CC(O)=C(c2nc3ccccc3[nH]2)C1=N. The second-order valence-corrected chi connectivity index (χ2v) is 7.98. The first kappa shape index (κ1) is 15.0. The van der Waals surface area contributed by atoms with Gasteiger partial charge in [0.1, 0.15) is 17.4 Å². The molecule has 0 amide bonds. The summed E-state index contributed by atoms with van der Waals surface area (Å²) in [4.78, 5) is 9.91. The Bertz CT molecular complexity index is 850. The van der Waals surface area contributed by atoms with Crippen molar-refractivity contribution in [1.82, 2.24) is 14.9 Å². The van der Waals surface area contributed by atoms with Crippen LogP contribution < -0.4 is 0 Å². The number of aromatic nitrogens is 2. The Kier molecular flexibility index (Phi) is 3.21. The van der Waals surface area contributed by atoms with Gasteiger partial charge in [-0.2, -0.15) is 0 Å². The number of hydrogen-bond acceptors (Lipinski definition) is 3. The third kappa shape index (κ3) is 2.21. The minimum Gasteiger partial charge on any atom is -0.510 e. The standard InChI is InChI=1S/C20H24N4O/c1-11(14-9-12-6-7-13(14)8-12)24-10-17(25)18(19(24)21)20-22-15-4-2-3-5-16(15)23-20/h2-5,11-14,21,25H,6-10H2,1H3,(H,22,23)/t11-,12+,13+,14+/m1/s1. The first-order valence-electron chi connectivity index (χ1n) is 9.34. The molecule has 1 aromatic carbocycles. The van der Waals surface area contributed by atoms with Crippen LogP contribution in [0.2, 0.25) is 0 Å². The van der Waals surface area contributed by atoms with Gasteiger partial charge in [0.15, 0.2) is 0 Å². The Hall–Kier alpha value is -2.30. The first-order valence-corrected chi connectivity index (χ1v) is 9.34. The molecule has 130 valence electrons. The zero-order valence-corrected chi connectivity index (χ0v) is 14.5. The van der Waals surface area contributed by atoms with Gasteiger partial charge in [0.05, 0.1) is 23.2 Å². The lowest BCUT2D eigenvalue weighted by Gasteiger charge is -2.35. The van der Waals surface area contributed by atoms with Crippen LogP contribution in [0.4, 0.5) is 0 Å². The van der Waals surface area contributed by atoms with Gasteiger partial charge in [-0.15, -0.1) is 0 Å². The van der Waals surface area contributed by atoms with E-state index in [0.717, 1.165) is 22.9 Å². The van der Waals surface area contributed by atoms with Gasteiger partial charge in [-0.3, -0.25) is 5.41 Å². The Morgan fingerprint density at radius 1 is 1.28 bits per heavy atom. The molecule has 5 nitrogen and oxygen atoms in total. The minimum atomic E-state index is 0.263. The van der Waals surface area contributed by atoms with E-state index in [-0.39, 0.29) is 5.76 Å². The van der Waals surface area contributed by atoms with E-state index in [1.165, 1.54) is 25.7 Å². The number of imidazole rings is 1. The normalized spacial score (nSPS) is 30.0.